The van der Waals surface area contributed by atoms with Crippen LogP contribution in [0.15, 0.2) is 47.2 Å². The normalized spacial score (nSPS) is 10.6. The maximum absolute atomic E-state index is 5.48. The van der Waals surface area contributed by atoms with Gasteiger partial charge in [-0.15, -0.1) is 0 Å². The van der Waals surface area contributed by atoms with Crippen LogP contribution in [0, 0.1) is 0 Å². The Kier molecular flexibility index (Phi) is 2.26. The third-order valence-corrected chi connectivity index (χ3v) is 2.57. The van der Waals surface area contributed by atoms with E-state index in [-0.39, 0.29) is 0 Å². The topological polar surface area (TPSA) is 48.2 Å². The smallest absolute Gasteiger partial charge is 0.316 e. The number of methoxy groups -OCH3 is 1. The fraction of sp³-hybridized carbons (Fsp3) is 0.0769. The number of fused-ring (bicyclic) bond motifs is 1. The molecule has 0 bridgehead atoms. The number of ether oxygens (including phenoxy) is 1. The summed E-state index contributed by atoms with van der Waals surface area (Å²) in [5, 5.41) is 1.04. The highest BCUT2D eigenvalue weighted by Gasteiger charge is 2.09. The van der Waals surface area contributed by atoms with E-state index in [1.165, 1.54) is 0 Å². The van der Waals surface area contributed by atoms with Gasteiger partial charge < -0.3 is 9.15 Å². The molecule has 0 amide bonds. The van der Waals surface area contributed by atoms with Crippen molar-refractivity contribution in [2.45, 2.75) is 0 Å². The molecule has 1 aromatic carbocycles. The molecule has 4 nitrogen and oxygen atoms in total. The minimum absolute atomic E-state index is 0.354. The van der Waals surface area contributed by atoms with Gasteiger partial charge in [-0.1, -0.05) is 18.2 Å². The lowest BCUT2D eigenvalue weighted by Crippen LogP contribution is -1.92. The lowest BCUT2D eigenvalue weighted by atomic mass is 10.1. The Morgan fingerprint density at radius 2 is 2.06 bits per heavy atom. The predicted octanol–water partition coefficient (Wildman–Crippen LogP) is 2.90. The van der Waals surface area contributed by atoms with Gasteiger partial charge in [0.2, 0.25) is 0 Å². The zero-order valence-corrected chi connectivity index (χ0v) is 9.25. The third kappa shape index (κ3) is 1.63. The van der Waals surface area contributed by atoms with E-state index in [2.05, 4.69) is 9.97 Å². The molecule has 0 atom stereocenters. The minimum Gasteiger partial charge on any atom is -0.467 e. The number of furan rings is 1. The first-order valence-electron chi connectivity index (χ1n) is 5.22. The molecular formula is C13H10N2O2. The zero-order chi connectivity index (χ0) is 11.7. The molecule has 0 spiro atoms. The molecule has 2 aromatic heterocycles. The number of rotatable bonds is 2. The summed E-state index contributed by atoms with van der Waals surface area (Å²) in [5.74, 6) is 0. The van der Waals surface area contributed by atoms with Gasteiger partial charge in [0.1, 0.15) is 11.8 Å². The van der Waals surface area contributed by atoms with Crippen molar-refractivity contribution in [2.75, 3.05) is 7.11 Å². The van der Waals surface area contributed by atoms with Crippen LogP contribution in [0.4, 0.5) is 0 Å². The molecule has 4 heteroatoms. The van der Waals surface area contributed by atoms with Crippen LogP contribution in [0.2, 0.25) is 0 Å². The number of para-hydroxylation sites is 1. The van der Waals surface area contributed by atoms with Gasteiger partial charge in [-0.05, 0) is 12.1 Å². The Balaban J connectivity index is 2.20. The van der Waals surface area contributed by atoms with Crippen molar-refractivity contribution in [1.29, 1.82) is 0 Å². The molecule has 2 heterocycles. The molecule has 3 aromatic rings. The molecular weight excluding hydrogens is 216 g/mol. The van der Waals surface area contributed by atoms with Crippen molar-refractivity contribution in [2.24, 2.45) is 0 Å². The highest BCUT2D eigenvalue weighted by molar-refractivity contribution is 5.92. The highest BCUT2D eigenvalue weighted by Crippen LogP contribution is 2.29. The summed E-state index contributed by atoms with van der Waals surface area (Å²) >= 11 is 0. The summed E-state index contributed by atoms with van der Waals surface area (Å²) in [5.41, 5.74) is 2.59. The molecule has 0 unspecified atom stereocenters. The van der Waals surface area contributed by atoms with Crippen molar-refractivity contribution >= 4 is 11.0 Å². The first-order valence-corrected chi connectivity index (χ1v) is 5.22. The van der Waals surface area contributed by atoms with Gasteiger partial charge >= 0.3 is 6.01 Å². The Bertz CT molecular complexity index is 661. The van der Waals surface area contributed by atoms with E-state index >= 15 is 0 Å². The second-order valence-electron chi connectivity index (χ2n) is 3.57. The average Bonchev–Trinajstić information content (AvgIpc) is 2.82. The van der Waals surface area contributed by atoms with Gasteiger partial charge in [0.15, 0.2) is 0 Å². The maximum Gasteiger partial charge on any atom is 0.316 e. The SMILES string of the molecule is COc1nccc(-c2coc3ccccc23)n1. The maximum atomic E-state index is 5.48. The quantitative estimate of drug-likeness (QED) is 0.674. The first kappa shape index (κ1) is 9.84. The van der Waals surface area contributed by atoms with Crippen LogP contribution < -0.4 is 4.74 Å². The molecule has 0 saturated heterocycles. The Morgan fingerprint density at radius 1 is 1.18 bits per heavy atom. The number of aromatic nitrogens is 2. The van der Waals surface area contributed by atoms with E-state index in [4.69, 9.17) is 9.15 Å². The van der Waals surface area contributed by atoms with E-state index in [0.29, 0.717) is 6.01 Å². The Labute approximate surface area is 97.9 Å². The summed E-state index contributed by atoms with van der Waals surface area (Å²) in [7, 11) is 1.55. The molecule has 84 valence electrons. The van der Waals surface area contributed by atoms with Gasteiger partial charge in [0.25, 0.3) is 0 Å². The first-order chi connectivity index (χ1) is 8.38. The molecule has 0 radical (unpaired) electrons. The van der Waals surface area contributed by atoms with Gasteiger partial charge in [0, 0.05) is 17.1 Å². The van der Waals surface area contributed by atoms with Crippen LogP contribution in [-0.2, 0) is 0 Å². The van der Waals surface area contributed by atoms with E-state index in [1.807, 2.05) is 30.3 Å². The number of nitrogens with zero attached hydrogens (tertiary/aromatic N) is 2. The number of hydrogen-bond donors (Lipinski definition) is 0. The van der Waals surface area contributed by atoms with Gasteiger partial charge in [-0.3, -0.25) is 0 Å². The highest BCUT2D eigenvalue weighted by atomic mass is 16.5. The van der Waals surface area contributed by atoms with Gasteiger partial charge in [0.05, 0.1) is 12.8 Å². The molecule has 0 saturated carbocycles. The molecule has 0 aliphatic heterocycles. The third-order valence-electron chi connectivity index (χ3n) is 2.57. The van der Waals surface area contributed by atoms with Crippen LogP contribution in [0.1, 0.15) is 0 Å². The van der Waals surface area contributed by atoms with Crippen LogP contribution in [0.3, 0.4) is 0 Å². The minimum atomic E-state index is 0.354. The molecule has 0 aliphatic rings. The van der Waals surface area contributed by atoms with E-state index < -0.39 is 0 Å². The second kappa shape index (κ2) is 3.90. The van der Waals surface area contributed by atoms with Crippen LogP contribution in [0.5, 0.6) is 6.01 Å². The van der Waals surface area contributed by atoms with Crippen LogP contribution in [-0.4, -0.2) is 17.1 Å². The van der Waals surface area contributed by atoms with Gasteiger partial charge in [-0.25, -0.2) is 4.98 Å². The summed E-state index contributed by atoms with van der Waals surface area (Å²) in [6, 6.07) is 10.0. The summed E-state index contributed by atoms with van der Waals surface area (Å²) in [4.78, 5) is 8.27. The van der Waals surface area contributed by atoms with Crippen molar-refractivity contribution in [3.05, 3.63) is 42.8 Å². The average molecular weight is 226 g/mol. The Morgan fingerprint density at radius 3 is 2.94 bits per heavy atom. The molecule has 3 rings (SSSR count). The largest absolute Gasteiger partial charge is 0.467 e. The van der Waals surface area contributed by atoms with Crippen molar-refractivity contribution in [3.8, 4) is 17.3 Å². The van der Waals surface area contributed by atoms with Crippen molar-refractivity contribution < 1.29 is 9.15 Å². The standard InChI is InChI=1S/C13H10N2O2/c1-16-13-14-7-6-11(15-13)10-8-17-12-5-3-2-4-9(10)12/h2-8H,1H3. The summed E-state index contributed by atoms with van der Waals surface area (Å²) in [6.07, 6.45) is 3.37. The fourth-order valence-corrected chi connectivity index (χ4v) is 1.77. The number of hydrogen-bond acceptors (Lipinski definition) is 4. The Hall–Kier alpha value is -2.36. The molecule has 17 heavy (non-hydrogen) atoms. The summed E-state index contributed by atoms with van der Waals surface area (Å²) in [6.45, 7) is 0. The zero-order valence-electron chi connectivity index (χ0n) is 9.25. The molecule has 0 N–H and O–H groups in total. The summed E-state index contributed by atoms with van der Waals surface area (Å²) < 4.78 is 10.5. The van der Waals surface area contributed by atoms with Crippen molar-refractivity contribution in [1.82, 2.24) is 9.97 Å². The fourth-order valence-electron chi connectivity index (χ4n) is 1.77. The van der Waals surface area contributed by atoms with E-state index in [0.717, 1.165) is 22.2 Å². The van der Waals surface area contributed by atoms with Crippen LogP contribution in [0.25, 0.3) is 22.2 Å². The lowest BCUT2D eigenvalue weighted by Gasteiger charge is -2.00. The van der Waals surface area contributed by atoms with Gasteiger partial charge in [-0.2, -0.15) is 4.98 Å². The van der Waals surface area contributed by atoms with E-state index in [1.54, 1.807) is 19.6 Å². The monoisotopic (exact) mass is 226 g/mol. The molecule has 0 aliphatic carbocycles. The van der Waals surface area contributed by atoms with E-state index in [9.17, 15) is 0 Å². The van der Waals surface area contributed by atoms with Crippen molar-refractivity contribution in [3.63, 3.8) is 0 Å². The predicted molar refractivity (Wildman–Crippen MR) is 63.8 cm³/mol. The lowest BCUT2D eigenvalue weighted by molar-refractivity contribution is 0.380. The second-order valence-corrected chi connectivity index (χ2v) is 3.57. The number of benzene rings is 1. The molecule has 0 fully saturated rings. The van der Waals surface area contributed by atoms with Crippen LogP contribution >= 0.6 is 0 Å².